The smallest absolute Gasteiger partial charge is 0.286 e. The SMILES string of the molecule is CCOc1cc(F)ccc1N=C(C)C1CC(C2/C=C/N=C(CCCCC(=O)N=O)N(c3ccc(F)cc3)C(=O)/C=C/C2)NO1. The molecule has 232 valence electrons. The molecule has 1 N–H and O–H groups in total. The van der Waals surface area contributed by atoms with E-state index in [4.69, 9.17) is 9.57 Å². The lowest BCUT2D eigenvalue weighted by Crippen LogP contribution is -2.36. The number of anilines is 1. The van der Waals surface area contributed by atoms with Crippen LogP contribution in [0, 0.1) is 22.5 Å². The van der Waals surface area contributed by atoms with Crippen LogP contribution in [0.1, 0.15) is 52.4 Å². The van der Waals surface area contributed by atoms with Gasteiger partial charge in [0.15, 0.2) is 0 Å². The van der Waals surface area contributed by atoms with Gasteiger partial charge in [0, 0.05) is 42.0 Å². The Hall–Kier alpha value is -4.42. The van der Waals surface area contributed by atoms with Crippen molar-refractivity contribution in [2.45, 2.75) is 64.5 Å². The molecule has 0 bridgehead atoms. The van der Waals surface area contributed by atoms with Gasteiger partial charge in [-0.25, -0.2) is 13.8 Å². The van der Waals surface area contributed by atoms with Gasteiger partial charge in [0.2, 0.25) is 0 Å². The van der Waals surface area contributed by atoms with E-state index in [9.17, 15) is 23.3 Å². The van der Waals surface area contributed by atoms with E-state index in [0.717, 1.165) is 0 Å². The molecule has 12 heteroatoms. The number of amidine groups is 1. The number of rotatable bonds is 11. The third kappa shape index (κ3) is 8.80. The third-order valence-electron chi connectivity index (χ3n) is 7.26. The fourth-order valence-corrected chi connectivity index (χ4v) is 4.98. The van der Waals surface area contributed by atoms with Crippen LogP contribution in [0.5, 0.6) is 5.75 Å². The molecule has 0 saturated carbocycles. The molecule has 0 aliphatic carbocycles. The Morgan fingerprint density at radius 2 is 1.93 bits per heavy atom. The van der Waals surface area contributed by atoms with Crippen LogP contribution in [0.4, 0.5) is 20.2 Å². The predicted molar refractivity (Wildman–Crippen MR) is 164 cm³/mol. The van der Waals surface area contributed by atoms with Gasteiger partial charge in [0.25, 0.3) is 11.8 Å². The van der Waals surface area contributed by atoms with E-state index >= 15 is 0 Å². The second-order valence-electron chi connectivity index (χ2n) is 10.4. The number of ether oxygens (including phenoxy) is 1. The van der Waals surface area contributed by atoms with E-state index in [-0.39, 0.29) is 30.4 Å². The second-order valence-corrected chi connectivity index (χ2v) is 10.4. The highest BCUT2D eigenvalue weighted by Gasteiger charge is 2.32. The van der Waals surface area contributed by atoms with Crippen molar-refractivity contribution < 1.29 is 27.9 Å². The predicted octanol–water partition coefficient (Wildman–Crippen LogP) is 6.49. The van der Waals surface area contributed by atoms with Gasteiger partial charge in [-0.3, -0.25) is 24.3 Å². The molecule has 2 amide bonds. The van der Waals surface area contributed by atoms with Crippen molar-refractivity contribution in [2.24, 2.45) is 21.1 Å². The third-order valence-corrected chi connectivity index (χ3v) is 7.26. The van der Waals surface area contributed by atoms with E-state index in [0.29, 0.717) is 67.4 Å². The molecule has 2 aromatic rings. The van der Waals surface area contributed by atoms with E-state index in [2.05, 4.69) is 20.6 Å². The Morgan fingerprint density at radius 3 is 2.68 bits per heavy atom. The van der Waals surface area contributed by atoms with E-state index < -0.39 is 17.5 Å². The number of carbonyl (C=O) groups is 2. The largest absolute Gasteiger partial charge is 0.492 e. The first-order valence-corrected chi connectivity index (χ1v) is 14.5. The van der Waals surface area contributed by atoms with Crippen LogP contribution in [0.3, 0.4) is 0 Å². The van der Waals surface area contributed by atoms with E-state index in [1.807, 2.05) is 19.9 Å². The molecule has 10 nitrogen and oxygen atoms in total. The number of allylic oxidation sites excluding steroid dienone is 1. The number of halogens is 2. The lowest BCUT2D eigenvalue weighted by molar-refractivity contribution is -0.118. The summed E-state index contributed by atoms with van der Waals surface area (Å²) in [4.78, 5) is 51.7. The second kappa shape index (κ2) is 15.9. The number of hydrogen-bond acceptors (Lipinski definition) is 8. The van der Waals surface area contributed by atoms with Gasteiger partial charge in [-0.2, -0.15) is 5.48 Å². The number of amides is 2. The molecule has 44 heavy (non-hydrogen) atoms. The summed E-state index contributed by atoms with van der Waals surface area (Å²) < 4.78 is 32.9. The summed E-state index contributed by atoms with van der Waals surface area (Å²) >= 11 is 0. The Balaban J connectivity index is 1.52. The van der Waals surface area contributed by atoms with Crippen LogP contribution in [0.15, 0.2) is 82.1 Å². The standard InChI is InChI=1S/C32H35F2N5O5/c1-3-43-29-19-24(34)13-16-26(29)36-21(2)28-20-27(38-44-28)22-7-6-10-32(41)39(25-14-11-23(33)12-15-25)30(35-18-17-22)8-4-5-9-31(40)37-42/h6,10-19,22,27-28,38H,3-5,7-9,20H2,1-2H3/b10-6+,18-17+,35-30?,36-21?. The molecule has 3 unspecified atom stereocenters. The van der Waals surface area contributed by atoms with Crippen molar-refractivity contribution in [1.29, 1.82) is 0 Å². The molecular weight excluding hydrogens is 572 g/mol. The fourth-order valence-electron chi connectivity index (χ4n) is 4.98. The molecule has 2 aliphatic heterocycles. The van der Waals surface area contributed by atoms with Gasteiger partial charge in [-0.15, -0.1) is 4.91 Å². The van der Waals surface area contributed by atoms with Crippen molar-refractivity contribution in [2.75, 3.05) is 11.5 Å². The molecule has 0 aromatic heterocycles. The molecule has 4 rings (SSSR count). The van der Waals surface area contributed by atoms with Gasteiger partial charge in [0.1, 0.15) is 35.0 Å². The zero-order chi connectivity index (χ0) is 31.5. The van der Waals surface area contributed by atoms with Crippen LogP contribution in [-0.4, -0.2) is 42.1 Å². The summed E-state index contributed by atoms with van der Waals surface area (Å²) in [6.07, 6.45) is 8.80. The van der Waals surface area contributed by atoms with Gasteiger partial charge >= 0.3 is 0 Å². The minimum atomic E-state index is -0.729. The van der Waals surface area contributed by atoms with Gasteiger partial charge in [0.05, 0.1) is 12.3 Å². The number of unbranched alkanes of at least 4 members (excludes halogenated alkanes) is 1. The zero-order valence-electron chi connectivity index (χ0n) is 24.6. The lowest BCUT2D eigenvalue weighted by atomic mass is 9.91. The lowest BCUT2D eigenvalue weighted by Gasteiger charge is -2.24. The summed E-state index contributed by atoms with van der Waals surface area (Å²) in [5, 5.41) is 2.42. The molecular formula is C32H35F2N5O5. The highest BCUT2D eigenvalue weighted by molar-refractivity contribution is 6.20. The minimum absolute atomic E-state index is 0.00439. The molecule has 2 heterocycles. The van der Waals surface area contributed by atoms with Crippen molar-refractivity contribution in [3.8, 4) is 5.75 Å². The summed E-state index contributed by atoms with van der Waals surface area (Å²) in [5.41, 5.74) is 4.75. The van der Waals surface area contributed by atoms with Crippen molar-refractivity contribution in [3.63, 3.8) is 0 Å². The average Bonchev–Trinajstić information content (AvgIpc) is 3.51. The number of aliphatic imine (C=N–C) groups is 2. The monoisotopic (exact) mass is 607 g/mol. The van der Waals surface area contributed by atoms with E-state index in [1.54, 1.807) is 18.3 Å². The average molecular weight is 608 g/mol. The molecule has 1 fully saturated rings. The van der Waals surface area contributed by atoms with Crippen LogP contribution in [0.2, 0.25) is 0 Å². The molecule has 2 aromatic carbocycles. The van der Waals surface area contributed by atoms with Crippen LogP contribution in [-0.2, 0) is 14.4 Å². The van der Waals surface area contributed by atoms with E-state index in [1.165, 1.54) is 47.4 Å². The number of benzene rings is 2. The number of hydrogen-bond donors (Lipinski definition) is 1. The quantitative estimate of drug-likeness (QED) is 0.177. The first-order chi connectivity index (χ1) is 21.3. The first kappa shape index (κ1) is 32.5. The van der Waals surface area contributed by atoms with Crippen molar-refractivity contribution in [3.05, 3.63) is 83.4 Å². The zero-order valence-corrected chi connectivity index (χ0v) is 24.6. The Labute approximate surface area is 254 Å². The molecule has 2 aliphatic rings. The summed E-state index contributed by atoms with van der Waals surface area (Å²) in [5.74, 6) is -1.24. The molecule has 0 spiro atoms. The van der Waals surface area contributed by atoms with Crippen molar-refractivity contribution in [1.82, 2.24) is 5.48 Å². The topological polar surface area (TPSA) is 122 Å². The number of hydroxylamine groups is 1. The Bertz CT molecular complexity index is 1460. The Kier molecular flexibility index (Phi) is 11.7. The number of nitrogens with zero attached hydrogens (tertiary/aromatic N) is 4. The fraction of sp³-hybridized carbons (Fsp3) is 0.375. The maximum atomic E-state index is 13.7. The number of carbonyl (C=O) groups excluding carboxylic acids is 2. The van der Waals surface area contributed by atoms with Crippen LogP contribution >= 0.6 is 0 Å². The van der Waals surface area contributed by atoms with Gasteiger partial charge in [-0.1, -0.05) is 12.2 Å². The highest BCUT2D eigenvalue weighted by Crippen LogP contribution is 2.31. The Morgan fingerprint density at radius 1 is 1.16 bits per heavy atom. The number of nitroso groups, excluding NO2 is 1. The summed E-state index contributed by atoms with van der Waals surface area (Å²) in [7, 11) is 0. The molecule has 0 radical (unpaired) electrons. The van der Waals surface area contributed by atoms with Gasteiger partial charge < -0.3 is 4.74 Å². The maximum Gasteiger partial charge on any atom is 0.286 e. The minimum Gasteiger partial charge on any atom is -0.492 e. The van der Waals surface area contributed by atoms with Crippen molar-refractivity contribution >= 4 is 34.7 Å². The molecule has 1 saturated heterocycles. The number of nitrogens with one attached hydrogen (secondary N) is 1. The summed E-state index contributed by atoms with van der Waals surface area (Å²) in [6.45, 7) is 4.04. The van der Waals surface area contributed by atoms with Crippen LogP contribution < -0.4 is 15.1 Å². The normalized spacial score (nSPS) is 22.3. The van der Waals surface area contributed by atoms with Crippen LogP contribution in [0.25, 0.3) is 0 Å². The summed E-state index contributed by atoms with van der Waals surface area (Å²) in [6, 6.07) is 9.63. The molecule has 3 atom stereocenters. The highest BCUT2D eigenvalue weighted by atomic mass is 19.1. The maximum absolute atomic E-state index is 13.7. The van der Waals surface area contributed by atoms with Gasteiger partial charge in [-0.05, 0) is 87.9 Å². The first-order valence-electron chi connectivity index (χ1n) is 14.5.